The molecule has 0 aliphatic carbocycles. The molecule has 5 heteroatoms. The molecule has 0 amide bonds. The molecule has 1 aliphatic rings. The number of piperidine rings is 1. The van der Waals surface area contributed by atoms with Crippen LogP contribution in [0.5, 0.6) is 0 Å². The van der Waals surface area contributed by atoms with Crippen molar-refractivity contribution in [3.63, 3.8) is 0 Å². The average molecular weight is 300 g/mol. The van der Waals surface area contributed by atoms with Gasteiger partial charge in [-0.2, -0.15) is 4.98 Å². The molecule has 2 heterocycles. The van der Waals surface area contributed by atoms with E-state index in [2.05, 4.69) is 41.1 Å². The molecule has 1 aliphatic heterocycles. The second-order valence-corrected chi connectivity index (χ2v) is 6.87. The zero-order chi connectivity index (χ0) is 15.6. The van der Waals surface area contributed by atoms with Crippen LogP contribution in [0.15, 0.2) is 34.9 Å². The van der Waals surface area contributed by atoms with Crippen LogP contribution in [0.25, 0.3) is 11.5 Å². The van der Waals surface area contributed by atoms with E-state index in [1.54, 1.807) is 0 Å². The number of rotatable bonds is 3. The molecule has 1 N–H and O–H groups in total. The van der Waals surface area contributed by atoms with Crippen molar-refractivity contribution in [1.82, 2.24) is 15.0 Å². The summed E-state index contributed by atoms with van der Waals surface area (Å²) in [6, 6.07) is 10.3. The molecule has 0 radical (unpaired) electrons. The fourth-order valence-electron chi connectivity index (χ4n) is 2.86. The van der Waals surface area contributed by atoms with Crippen molar-refractivity contribution in [1.29, 1.82) is 0 Å². The van der Waals surface area contributed by atoms with Crippen molar-refractivity contribution in [2.75, 3.05) is 18.4 Å². The number of nitrogens with one attached hydrogen (secondary N) is 1. The third-order valence-corrected chi connectivity index (χ3v) is 4.22. The summed E-state index contributed by atoms with van der Waals surface area (Å²) in [5.74, 6) is 1.16. The summed E-state index contributed by atoms with van der Waals surface area (Å²) in [4.78, 5) is 6.96. The largest absolute Gasteiger partial charge is 0.349 e. The minimum atomic E-state index is 0.248. The molecule has 1 fully saturated rings. The van der Waals surface area contributed by atoms with Crippen LogP contribution >= 0.6 is 0 Å². The van der Waals surface area contributed by atoms with Crippen LogP contribution in [0.3, 0.4) is 0 Å². The summed E-state index contributed by atoms with van der Waals surface area (Å²) in [5.41, 5.74) is 1.20. The van der Waals surface area contributed by atoms with Crippen molar-refractivity contribution < 1.29 is 4.52 Å². The Morgan fingerprint density at radius 2 is 1.82 bits per heavy atom. The molecule has 0 atom stereocenters. The van der Waals surface area contributed by atoms with Crippen LogP contribution in [0.1, 0.15) is 33.6 Å². The first-order valence-electron chi connectivity index (χ1n) is 7.93. The molecular weight excluding hydrogens is 276 g/mol. The summed E-state index contributed by atoms with van der Waals surface area (Å²) >= 11 is 0. The van der Waals surface area contributed by atoms with Crippen LogP contribution in [-0.2, 0) is 0 Å². The Kier molecular flexibility index (Phi) is 4.16. The summed E-state index contributed by atoms with van der Waals surface area (Å²) in [5, 5.41) is 7.44. The molecule has 5 nitrogen and oxygen atoms in total. The second kappa shape index (κ2) is 6.08. The van der Waals surface area contributed by atoms with E-state index in [0.717, 1.165) is 31.5 Å². The van der Waals surface area contributed by atoms with Gasteiger partial charge >= 0.3 is 0 Å². The van der Waals surface area contributed by atoms with E-state index in [4.69, 9.17) is 4.52 Å². The quantitative estimate of drug-likeness (QED) is 0.941. The molecule has 3 rings (SSSR count). The van der Waals surface area contributed by atoms with E-state index >= 15 is 0 Å². The van der Waals surface area contributed by atoms with Gasteiger partial charge in [-0.05, 0) is 50.9 Å². The molecule has 1 aromatic carbocycles. The van der Waals surface area contributed by atoms with Crippen LogP contribution in [0, 0.1) is 0 Å². The highest BCUT2D eigenvalue weighted by molar-refractivity contribution is 5.53. The molecule has 0 unspecified atom stereocenters. The highest BCUT2D eigenvalue weighted by Gasteiger charge is 2.27. The third-order valence-electron chi connectivity index (χ3n) is 4.22. The van der Waals surface area contributed by atoms with Crippen molar-refractivity contribution in [3.05, 3.63) is 30.3 Å². The Labute approximate surface area is 131 Å². The smallest absolute Gasteiger partial charge is 0.263 e. The fraction of sp³-hybridized carbons (Fsp3) is 0.529. The van der Waals surface area contributed by atoms with Gasteiger partial charge in [0.1, 0.15) is 0 Å². The van der Waals surface area contributed by atoms with E-state index < -0.39 is 0 Å². The van der Waals surface area contributed by atoms with Gasteiger partial charge in [0.15, 0.2) is 0 Å². The van der Waals surface area contributed by atoms with Crippen LogP contribution in [0.2, 0.25) is 0 Å². The first kappa shape index (κ1) is 15.0. The molecule has 1 aromatic heterocycles. The summed E-state index contributed by atoms with van der Waals surface area (Å²) < 4.78 is 5.33. The topological polar surface area (TPSA) is 54.2 Å². The molecule has 0 saturated carbocycles. The van der Waals surface area contributed by atoms with Gasteiger partial charge in [0, 0.05) is 30.2 Å². The van der Waals surface area contributed by atoms with Gasteiger partial charge in [-0.25, -0.2) is 0 Å². The monoisotopic (exact) mass is 300 g/mol. The number of anilines is 1. The third kappa shape index (κ3) is 3.47. The van der Waals surface area contributed by atoms with Gasteiger partial charge in [-0.3, -0.25) is 4.90 Å². The Bertz CT molecular complexity index is 595. The van der Waals surface area contributed by atoms with E-state index in [1.165, 1.54) is 0 Å². The van der Waals surface area contributed by atoms with Gasteiger partial charge in [-0.15, -0.1) is 0 Å². The number of likely N-dealkylation sites (tertiary alicyclic amines) is 1. The molecule has 1 saturated heterocycles. The fourth-order valence-corrected chi connectivity index (χ4v) is 2.86. The maximum atomic E-state index is 5.33. The molecule has 0 bridgehead atoms. The number of hydrogen-bond acceptors (Lipinski definition) is 5. The van der Waals surface area contributed by atoms with E-state index in [0.29, 0.717) is 17.9 Å². The molecule has 2 aromatic rings. The molecule has 0 spiro atoms. The molecule has 22 heavy (non-hydrogen) atoms. The van der Waals surface area contributed by atoms with Crippen LogP contribution < -0.4 is 5.32 Å². The molecule has 118 valence electrons. The Balaban J connectivity index is 1.58. The maximum absolute atomic E-state index is 5.33. The maximum Gasteiger partial charge on any atom is 0.263 e. The highest BCUT2D eigenvalue weighted by Crippen LogP contribution is 2.23. The number of hydrogen-bond donors (Lipinski definition) is 1. The number of benzene rings is 1. The summed E-state index contributed by atoms with van der Waals surface area (Å²) in [6.45, 7) is 9.01. The predicted molar refractivity (Wildman–Crippen MR) is 87.7 cm³/mol. The number of nitrogens with zero attached hydrogens (tertiary/aromatic N) is 3. The minimum Gasteiger partial charge on any atom is -0.349 e. The summed E-state index contributed by atoms with van der Waals surface area (Å²) in [6.07, 6.45) is 2.21. The van der Waals surface area contributed by atoms with Crippen LogP contribution in [0.4, 0.5) is 5.95 Å². The first-order valence-corrected chi connectivity index (χ1v) is 7.93. The van der Waals surface area contributed by atoms with Crippen molar-refractivity contribution >= 4 is 5.95 Å². The second-order valence-electron chi connectivity index (χ2n) is 6.87. The lowest BCUT2D eigenvalue weighted by Gasteiger charge is -2.40. The summed E-state index contributed by atoms with van der Waals surface area (Å²) in [7, 11) is 0. The lowest BCUT2D eigenvalue weighted by Crippen LogP contribution is -2.48. The zero-order valence-corrected chi connectivity index (χ0v) is 13.5. The van der Waals surface area contributed by atoms with Gasteiger partial charge in [0.25, 0.3) is 11.8 Å². The Hall–Kier alpha value is -1.88. The van der Waals surface area contributed by atoms with Gasteiger partial charge in [-0.1, -0.05) is 18.2 Å². The van der Waals surface area contributed by atoms with Gasteiger partial charge in [0.2, 0.25) is 0 Å². The molecular formula is C17H24N4O. The van der Waals surface area contributed by atoms with Crippen molar-refractivity contribution in [2.24, 2.45) is 0 Å². The minimum absolute atomic E-state index is 0.248. The standard InChI is InChI=1S/C17H24N4O/c1-17(2,3)21-11-9-14(10-12-21)18-16-19-15(22-20-16)13-7-5-4-6-8-13/h4-8,14H,9-12H2,1-3H3,(H,18,20). The highest BCUT2D eigenvalue weighted by atomic mass is 16.5. The predicted octanol–water partition coefficient (Wildman–Crippen LogP) is 3.41. The van der Waals surface area contributed by atoms with Crippen molar-refractivity contribution in [2.45, 2.75) is 45.2 Å². The van der Waals surface area contributed by atoms with E-state index in [1.807, 2.05) is 30.3 Å². The SMILES string of the molecule is CC(C)(C)N1CCC(Nc2noc(-c3ccccc3)n2)CC1. The Morgan fingerprint density at radius 1 is 1.14 bits per heavy atom. The normalized spacial score (nSPS) is 17.6. The first-order chi connectivity index (χ1) is 10.5. The Morgan fingerprint density at radius 3 is 2.45 bits per heavy atom. The zero-order valence-electron chi connectivity index (χ0n) is 13.5. The van der Waals surface area contributed by atoms with Crippen LogP contribution in [-0.4, -0.2) is 39.7 Å². The lowest BCUT2D eigenvalue weighted by molar-refractivity contribution is 0.106. The lowest BCUT2D eigenvalue weighted by atomic mass is 9.98. The van der Waals surface area contributed by atoms with Gasteiger partial charge in [0.05, 0.1) is 0 Å². The van der Waals surface area contributed by atoms with Gasteiger partial charge < -0.3 is 9.84 Å². The van der Waals surface area contributed by atoms with Crippen molar-refractivity contribution in [3.8, 4) is 11.5 Å². The average Bonchev–Trinajstić information content (AvgIpc) is 2.96. The van der Waals surface area contributed by atoms with E-state index in [-0.39, 0.29) is 5.54 Å². The van der Waals surface area contributed by atoms with E-state index in [9.17, 15) is 0 Å². The number of aromatic nitrogens is 2.